The van der Waals surface area contributed by atoms with Crippen LogP contribution in [-0.4, -0.2) is 4.57 Å². The Morgan fingerprint density at radius 2 is 1.34 bits per heavy atom. The van der Waals surface area contributed by atoms with Gasteiger partial charge in [0.15, 0.2) is 0 Å². The first kappa shape index (κ1) is 29.7. The Balaban J connectivity index is 1.00. The van der Waals surface area contributed by atoms with E-state index < -0.39 is 0 Å². The molecule has 0 fully saturated rings. The lowest BCUT2D eigenvalue weighted by atomic mass is 9.91. The molecule has 0 aliphatic heterocycles. The van der Waals surface area contributed by atoms with Crippen LogP contribution < -0.4 is 5.32 Å². The van der Waals surface area contributed by atoms with Crippen molar-refractivity contribution in [2.24, 2.45) is 0 Å². The molecule has 0 spiro atoms. The maximum Gasteiger partial charge on any atom is 0.0547 e. The molecule has 1 aliphatic carbocycles. The van der Waals surface area contributed by atoms with Crippen LogP contribution in [0.5, 0.6) is 0 Å². The minimum Gasteiger partial charge on any atom is -0.362 e. The Kier molecular flexibility index (Phi) is 7.68. The van der Waals surface area contributed by atoms with Crippen LogP contribution in [0.25, 0.3) is 60.7 Å². The van der Waals surface area contributed by atoms with E-state index in [1.165, 1.54) is 71.2 Å². The van der Waals surface area contributed by atoms with E-state index in [0.717, 1.165) is 24.2 Å². The van der Waals surface area contributed by atoms with Gasteiger partial charge in [-0.2, -0.15) is 0 Å². The first-order valence-electron chi connectivity index (χ1n) is 17.4. The van der Waals surface area contributed by atoms with Gasteiger partial charge in [-0.25, -0.2) is 0 Å². The molecule has 0 bridgehead atoms. The molecule has 7 aromatic carbocycles. The smallest absolute Gasteiger partial charge is 0.0547 e. The van der Waals surface area contributed by atoms with Gasteiger partial charge in [-0.15, -0.1) is 0 Å². The number of fused-ring (bicyclic) bond motifs is 7. The van der Waals surface area contributed by atoms with Crippen molar-refractivity contribution < 1.29 is 0 Å². The van der Waals surface area contributed by atoms with Crippen LogP contribution in [0.3, 0.4) is 0 Å². The third kappa shape index (κ3) is 5.61. The number of nitrogens with zero attached hydrogens (tertiary/aromatic N) is 1. The van der Waals surface area contributed by atoms with E-state index in [9.17, 15) is 0 Å². The summed E-state index contributed by atoms with van der Waals surface area (Å²) in [6.45, 7) is 0. The molecule has 238 valence electrons. The number of benzene rings is 7. The molecule has 1 aromatic heterocycles. The molecule has 0 amide bonds. The summed E-state index contributed by atoms with van der Waals surface area (Å²) in [5.74, 6) is 0. The van der Waals surface area contributed by atoms with Gasteiger partial charge in [0, 0.05) is 28.3 Å². The molecular weight excluding hydrogens is 605 g/mol. The zero-order valence-electron chi connectivity index (χ0n) is 27.8. The molecule has 8 aromatic rings. The monoisotopic (exact) mass is 640 g/mol. The van der Waals surface area contributed by atoms with E-state index in [-0.39, 0.29) is 0 Å². The van der Waals surface area contributed by atoms with Crippen molar-refractivity contribution in [1.29, 1.82) is 0 Å². The second-order valence-corrected chi connectivity index (χ2v) is 13.0. The van der Waals surface area contributed by atoms with Crippen molar-refractivity contribution in [3.8, 4) is 5.69 Å². The Hall–Kier alpha value is -6.38. The molecule has 0 saturated carbocycles. The molecule has 9 rings (SSSR count). The average Bonchev–Trinajstić information content (AvgIpc) is 3.52. The molecule has 0 saturated heterocycles. The highest BCUT2D eigenvalue weighted by molar-refractivity contribution is 6.21. The van der Waals surface area contributed by atoms with Crippen LogP contribution in [0.2, 0.25) is 0 Å². The number of para-hydroxylation sites is 1. The van der Waals surface area contributed by atoms with Gasteiger partial charge in [-0.3, -0.25) is 0 Å². The van der Waals surface area contributed by atoms with Crippen LogP contribution in [0, 0.1) is 0 Å². The summed E-state index contributed by atoms with van der Waals surface area (Å²) < 4.78 is 2.38. The highest BCUT2D eigenvalue weighted by Gasteiger charge is 2.14. The number of allylic oxidation sites excluding steroid dienone is 6. The Morgan fingerprint density at radius 1 is 0.600 bits per heavy atom. The van der Waals surface area contributed by atoms with Crippen LogP contribution in [0.4, 0.5) is 5.69 Å². The number of nitrogens with one attached hydrogen (secondary N) is 1. The third-order valence-corrected chi connectivity index (χ3v) is 9.95. The molecule has 2 heteroatoms. The topological polar surface area (TPSA) is 17.0 Å². The Morgan fingerprint density at radius 3 is 2.24 bits per heavy atom. The maximum absolute atomic E-state index is 3.50. The second kappa shape index (κ2) is 12.9. The summed E-state index contributed by atoms with van der Waals surface area (Å²) in [7, 11) is 0. The third-order valence-electron chi connectivity index (χ3n) is 9.95. The van der Waals surface area contributed by atoms with Gasteiger partial charge < -0.3 is 9.88 Å². The van der Waals surface area contributed by atoms with E-state index in [4.69, 9.17) is 0 Å². The van der Waals surface area contributed by atoms with E-state index in [1.54, 1.807) is 0 Å². The minimum atomic E-state index is 1.04. The lowest BCUT2D eigenvalue weighted by Crippen LogP contribution is -1.97. The van der Waals surface area contributed by atoms with Crippen molar-refractivity contribution in [3.05, 3.63) is 204 Å². The summed E-state index contributed by atoms with van der Waals surface area (Å²) in [4.78, 5) is 0. The molecular formula is C48H36N2. The Bertz CT molecular complexity index is 2660. The summed E-state index contributed by atoms with van der Waals surface area (Å²) in [6, 6.07) is 54.6. The Labute approximate surface area is 292 Å². The van der Waals surface area contributed by atoms with Crippen molar-refractivity contribution in [3.63, 3.8) is 0 Å². The van der Waals surface area contributed by atoms with Crippen molar-refractivity contribution in [2.75, 3.05) is 5.32 Å². The average molecular weight is 641 g/mol. The highest BCUT2D eigenvalue weighted by Crippen LogP contribution is 2.37. The standard InChI is InChI=1S/C48H36N2/c1-3-13-39-32-34(19-21-35(39)10-1)20-22-37(41-24-23-36-11-2-4-14-40(36)33-41)15-9-31-49-42-26-28-43(29-27-42)50-46-18-8-7-17-45(46)48-44-16-6-5-12-38(44)25-30-47(48)50/h1-18,20,22-33,49H,19,21H2/b22-20-,31-9+,37-15+. The molecule has 0 radical (unpaired) electrons. The summed E-state index contributed by atoms with van der Waals surface area (Å²) in [5.41, 5.74) is 11.1. The molecule has 0 unspecified atom stereocenters. The SMILES string of the molecule is C1=C(\C=C/C(=C\C=C\Nc2ccc(-n3c4ccccc4c4c5ccccc5ccc43)cc2)c2ccc3ccccc3c2)CCc2ccccc21. The molecule has 1 N–H and O–H groups in total. The van der Waals surface area contributed by atoms with Crippen LogP contribution in [0.15, 0.2) is 188 Å². The van der Waals surface area contributed by atoms with Crippen molar-refractivity contribution in [1.82, 2.24) is 4.57 Å². The first-order valence-corrected chi connectivity index (χ1v) is 17.4. The summed E-state index contributed by atoms with van der Waals surface area (Å²) in [5, 5.41) is 11.1. The zero-order chi connectivity index (χ0) is 33.3. The van der Waals surface area contributed by atoms with Crippen molar-refractivity contribution in [2.45, 2.75) is 12.8 Å². The zero-order valence-corrected chi connectivity index (χ0v) is 27.8. The minimum absolute atomic E-state index is 1.04. The van der Waals surface area contributed by atoms with Crippen LogP contribution >= 0.6 is 0 Å². The van der Waals surface area contributed by atoms with Gasteiger partial charge in [0.2, 0.25) is 0 Å². The second-order valence-electron chi connectivity index (χ2n) is 13.0. The van der Waals surface area contributed by atoms with Crippen LogP contribution in [0.1, 0.15) is 23.1 Å². The quantitative estimate of drug-likeness (QED) is 0.172. The number of aryl methyl sites for hydroxylation is 1. The fourth-order valence-electron chi connectivity index (χ4n) is 7.42. The predicted octanol–water partition coefficient (Wildman–Crippen LogP) is 12.7. The lowest BCUT2D eigenvalue weighted by molar-refractivity contribution is 0.950. The first-order chi connectivity index (χ1) is 24.8. The van der Waals surface area contributed by atoms with Gasteiger partial charge >= 0.3 is 0 Å². The largest absolute Gasteiger partial charge is 0.362 e. The molecule has 2 nitrogen and oxygen atoms in total. The predicted molar refractivity (Wildman–Crippen MR) is 215 cm³/mol. The van der Waals surface area contributed by atoms with Crippen LogP contribution in [-0.2, 0) is 6.42 Å². The van der Waals surface area contributed by atoms with E-state index in [1.807, 2.05) is 6.20 Å². The van der Waals surface area contributed by atoms with Gasteiger partial charge in [-0.1, -0.05) is 133 Å². The fourth-order valence-corrected chi connectivity index (χ4v) is 7.42. The van der Waals surface area contributed by atoms with E-state index in [0.29, 0.717) is 0 Å². The fraction of sp³-hybridized carbons (Fsp3) is 0.0417. The van der Waals surface area contributed by atoms with E-state index >= 15 is 0 Å². The summed E-state index contributed by atoms with van der Waals surface area (Å²) in [6.07, 6.45) is 15.3. The van der Waals surface area contributed by atoms with Crippen molar-refractivity contribution >= 4 is 60.7 Å². The van der Waals surface area contributed by atoms with Gasteiger partial charge in [0.05, 0.1) is 11.0 Å². The number of hydrogen-bond acceptors (Lipinski definition) is 1. The van der Waals surface area contributed by atoms with Gasteiger partial charge in [0.25, 0.3) is 0 Å². The number of hydrogen-bond donors (Lipinski definition) is 1. The highest BCUT2D eigenvalue weighted by atomic mass is 15.0. The maximum atomic E-state index is 3.50. The normalized spacial score (nSPS) is 13.5. The lowest BCUT2D eigenvalue weighted by Gasteiger charge is -2.14. The molecule has 1 aliphatic rings. The summed E-state index contributed by atoms with van der Waals surface area (Å²) >= 11 is 0. The van der Waals surface area contributed by atoms with Gasteiger partial charge in [-0.05, 0) is 111 Å². The molecule has 1 heterocycles. The number of rotatable bonds is 7. The number of anilines is 1. The molecule has 50 heavy (non-hydrogen) atoms. The van der Waals surface area contributed by atoms with E-state index in [2.05, 4.69) is 192 Å². The molecule has 0 atom stereocenters. The van der Waals surface area contributed by atoms with Gasteiger partial charge in [0.1, 0.15) is 0 Å². The number of aromatic nitrogens is 1.